The van der Waals surface area contributed by atoms with Gasteiger partial charge >= 0.3 is 0 Å². The van der Waals surface area contributed by atoms with E-state index < -0.39 is 0 Å². The molecule has 0 N–H and O–H groups in total. The van der Waals surface area contributed by atoms with E-state index in [0.717, 1.165) is 37.4 Å². The lowest BCUT2D eigenvalue weighted by atomic mass is 10.0. The van der Waals surface area contributed by atoms with E-state index in [1.165, 1.54) is 17.5 Å². The minimum absolute atomic E-state index is 0.803. The molecule has 1 aliphatic heterocycles. The molecule has 2 heterocycles. The lowest BCUT2D eigenvalue weighted by Gasteiger charge is -2.26. The summed E-state index contributed by atoms with van der Waals surface area (Å²) >= 11 is 0. The number of hydrogen-bond acceptors (Lipinski definition) is 4. The average Bonchev–Trinajstić information content (AvgIpc) is 2.62. The minimum atomic E-state index is 0.803. The Morgan fingerprint density at radius 3 is 2.74 bits per heavy atom. The van der Waals surface area contributed by atoms with Crippen LogP contribution in [0.3, 0.4) is 0 Å². The number of methoxy groups -OCH3 is 1. The van der Waals surface area contributed by atoms with Crippen molar-refractivity contribution in [1.29, 1.82) is 0 Å². The average molecular weight is 307 g/mol. The highest BCUT2D eigenvalue weighted by molar-refractivity contribution is 5.65. The summed E-state index contributed by atoms with van der Waals surface area (Å²) in [6, 6.07) is 14.6. The van der Waals surface area contributed by atoms with E-state index in [4.69, 9.17) is 4.74 Å². The summed E-state index contributed by atoms with van der Waals surface area (Å²) in [7, 11) is 1.58. The van der Waals surface area contributed by atoms with Gasteiger partial charge in [-0.3, -0.25) is 9.88 Å². The Kier molecular flexibility index (Phi) is 5.17. The first-order valence-electron chi connectivity index (χ1n) is 7.82. The summed E-state index contributed by atoms with van der Waals surface area (Å²) in [6.45, 7) is 3.03. The van der Waals surface area contributed by atoms with E-state index in [1.54, 1.807) is 13.3 Å². The summed E-state index contributed by atoms with van der Waals surface area (Å²) in [5.41, 5.74) is 4.53. The monoisotopic (exact) mass is 307 g/mol. The van der Waals surface area contributed by atoms with E-state index in [0.29, 0.717) is 0 Å². The van der Waals surface area contributed by atoms with Gasteiger partial charge in [0.05, 0.1) is 24.7 Å². The van der Waals surface area contributed by atoms with Gasteiger partial charge in [0.15, 0.2) is 6.40 Å². The Balaban J connectivity index is 1.61. The molecule has 1 aliphatic rings. The van der Waals surface area contributed by atoms with Crippen LogP contribution < -0.4 is 0 Å². The molecule has 0 bridgehead atoms. The van der Waals surface area contributed by atoms with Crippen molar-refractivity contribution < 1.29 is 4.74 Å². The van der Waals surface area contributed by atoms with Crippen molar-refractivity contribution >= 4 is 17.7 Å². The molecule has 0 fully saturated rings. The lowest BCUT2D eigenvalue weighted by Crippen LogP contribution is -2.28. The highest BCUT2D eigenvalue weighted by Gasteiger charge is 2.13. The molecule has 0 amide bonds. The van der Waals surface area contributed by atoms with E-state index >= 15 is 0 Å². The maximum atomic E-state index is 4.82. The van der Waals surface area contributed by atoms with Crippen molar-refractivity contribution in [3.8, 4) is 0 Å². The molecule has 0 aliphatic carbocycles. The lowest BCUT2D eigenvalue weighted by molar-refractivity contribution is 0.294. The fourth-order valence-corrected chi connectivity index (χ4v) is 2.70. The molecule has 3 rings (SSSR count). The Hall–Kier alpha value is -2.46. The van der Waals surface area contributed by atoms with Gasteiger partial charge in [-0.2, -0.15) is 0 Å². The summed E-state index contributed by atoms with van der Waals surface area (Å²) in [4.78, 5) is 11.1. The van der Waals surface area contributed by atoms with Crippen LogP contribution in [0.4, 0.5) is 5.69 Å². The van der Waals surface area contributed by atoms with Gasteiger partial charge in [0.1, 0.15) is 0 Å². The third-order valence-corrected chi connectivity index (χ3v) is 3.93. The van der Waals surface area contributed by atoms with Gasteiger partial charge in [-0.15, -0.1) is 0 Å². The second kappa shape index (κ2) is 7.70. The van der Waals surface area contributed by atoms with Crippen LogP contribution >= 0.6 is 0 Å². The van der Waals surface area contributed by atoms with Crippen molar-refractivity contribution in [2.24, 2.45) is 4.99 Å². The van der Waals surface area contributed by atoms with E-state index in [9.17, 15) is 0 Å². The van der Waals surface area contributed by atoms with Crippen LogP contribution in [0, 0.1) is 0 Å². The second-order valence-corrected chi connectivity index (χ2v) is 5.57. The number of benzene rings is 1. The number of hydrogen-bond donors (Lipinski definition) is 0. The molecule has 0 spiro atoms. The molecule has 0 saturated heterocycles. The van der Waals surface area contributed by atoms with E-state index in [-0.39, 0.29) is 0 Å². The van der Waals surface area contributed by atoms with Crippen LogP contribution in [0.5, 0.6) is 0 Å². The fourth-order valence-electron chi connectivity index (χ4n) is 2.70. The first kappa shape index (κ1) is 15.4. The van der Waals surface area contributed by atoms with Crippen LogP contribution in [-0.4, -0.2) is 36.5 Å². The van der Waals surface area contributed by atoms with Gasteiger partial charge in [-0.1, -0.05) is 36.4 Å². The number of pyridine rings is 1. The number of aromatic nitrogens is 1. The van der Waals surface area contributed by atoms with E-state index in [2.05, 4.69) is 51.3 Å². The van der Waals surface area contributed by atoms with Gasteiger partial charge in [0.2, 0.25) is 0 Å². The molecule has 0 saturated carbocycles. The maximum Gasteiger partial charge on any atom is 0.174 e. The van der Waals surface area contributed by atoms with Crippen molar-refractivity contribution in [2.75, 3.05) is 20.2 Å². The van der Waals surface area contributed by atoms with Crippen molar-refractivity contribution in [3.63, 3.8) is 0 Å². The van der Waals surface area contributed by atoms with Crippen LogP contribution in [0.15, 0.2) is 59.7 Å². The molecule has 118 valence electrons. The summed E-state index contributed by atoms with van der Waals surface area (Å²) in [6.07, 6.45) is 6.51. The first-order valence-corrected chi connectivity index (χ1v) is 7.82. The van der Waals surface area contributed by atoms with Gasteiger partial charge < -0.3 is 4.74 Å². The number of rotatable bonds is 5. The molecular weight excluding hydrogens is 286 g/mol. The number of aliphatic imine (C=N–C) groups is 1. The predicted octanol–water partition coefficient (Wildman–Crippen LogP) is 3.68. The Labute approximate surface area is 137 Å². The molecule has 4 heteroatoms. The van der Waals surface area contributed by atoms with Gasteiger partial charge in [-0.05, 0) is 29.7 Å². The van der Waals surface area contributed by atoms with E-state index in [1.807, 2.05) is 12.1 Å². The summed E-state index contributed by atoms with van der Waals surface area (Å²) < 4.78 is 4.82. The molecule has 4 nitrogen and oxygen atoms in total. The molecular formula is C19H21N3O. The third-order valence-electron chi connectivity index (χ3n) is 3.93. The Bertz CT molecular complexity index is 678. The summed E-state index contributed by atoms with van der Waals surface area (Å²) in [5.74, 6) is 0. The molecule has 23 heavy (non-hydrogen) atoms. The largest absolute Gasteiger partial charge is 0.486 e. The standard InChI is InChI=1S/C19H21N3O/c1-23-15-21-18-7-8-19(20-13-18)17-9-11-22(12-10-17)14-16-5-3-2-4-6-16/h2-9,13,15H,10-12,14H2,1H3. The van der Waals surface area contributed by atoms with Crippen LogP contribution in [0.2, 0.25) is 0 Å². The Morgan fingerprint density at radius 1 is 1.22 bits per heavy atom. The first-order chi connectivity index (χ1) is 11.3. The number of nitrogens with zero attached hydrogens (tertiary/aromatic N) is 3. The molecule has 1 aromatic carbocycles. The third kappa shape index (κ3) is 4.27. The van der Waals surface area contributed by atoms with Gasteiger partial charge in [0, 0.05) is 19.6 Å². The zero-order valence-corrected chi connectivity index (χ0v) is 13.4. The molecule has 0 radical (unpaired) electrons. The molecule has 2 aromatic rings. The van der Waals surface area contributed by atoms with Crippen LogP contribution in [-0.2, 0) is 11.3 Å². The van der Waals surface area contributed by atoms with Gasteiger partial charge in [-0.25, -0.2) is 4.99 Å². The van der Waals surface area contributed by atoms with Gasteiger partial charge in [0.25, 0.3) is 0 Å². The fraction of sp³-hybridized carbons (Fsp3) is 0.263. The molecule has 0 atom stereocenters. The number of ether oxygens (including phenoxy) is 1. The quantitative estimate of drug-likeness (QED) is 0.625. The SMILES string of the molecule is COC=Nc1ccc(C2=CCN(Cc3ccccc3)CC2)nc1. The highest BCUT2D eigenvalue weighted by Crippen LogP contribution is 2.23. The normalized spacial score (nSPS) is 15.6. The molecule has 0 unspecified atom stereocenters. The van der Waals surface area contributed by atoms with Crippen LogP contribution in [0.25, 0.3) is 5.57 Å². The second-order valence-electron chi connectivity index (χ2n) is 5.57. The Morgan fingerprint density at radius 2 is 2.09 bits per heavy atom. The zero-order valence-electron chi connectivity index (χ0n) is 13.4. The topological polar surface area (TPSA) is 37.7 Å². The van der Waals surface area contributed by atoms with Crippen molar-refractivity contribution in [2.45, 2.75) is 13.0 Å². The van der Waals surface area contributed by atoms with Crippen LogP contribution in [0.1, 0.15) is 17.7 Å². The smallest absolute Gasteiger partial charge is 0.174 e. The highest BCUT2D eigenvalue weighted by atomic mass is 16.5. The summed E-state index contributed by atoms with van der Waals surface area (Å²) in [5, 5.41) is 0. The minimum Gasteiger partial charge on any atom is -0.486 e. The maximum absolute atomic E-state index is 4.82. The molecule has 1 aromatic heterocycles. The van der Waals surface area contributed by atoms with Crippen molar-refractivity contribution in [3.05, 3.63) is 66.0 Å². The van der Waals surface area contributed by atoms with Crippen molar-refractivity contribution in [1.82, 2.24) is 9.88 Å². The zero-order chi connectivity index (χ0) is 15.9. The predicted molar refractivity (Wildman–Crippen MR) is 93.7 cm³/mol.